The Balaban J connectivity index is 2.61. The van der Waals surface area contributed by atoms with Crippen molar-refractivity contribution in [2.75, 3.05) is 6.61 Å². The van der Waals surface area contributed by atoms with E-state index in [1.54, 1.807) is 31.2 Å². The van der Waals surface area contributed by atoms with Crippen LogP contribution in [0.3, 0.4) is 0 Å². The number of aromatic hydroxyl groups is 1. The fourth-order valence-corrected chi connectivity index (χ4v) is 2.01. The molecule has 4 nitrogen and oxygen atoms in total. The molecule has 0 amide bonds. The van der Waals surface area contributed by atoms with E-state index in [0.29, 0.717) is 15.8 Å². The third-order valence-corrected chi connectivity index (χ3v) is 2.88. The van der Waals surface area contributed by atoms with Crippen LogP contribution < -0.4 is 0 Å². The summed E-state index contributed by atoms with van der Waals surface area (Å²) in [6.07, 6.45) is 0. The van der Waals surface area contributed by atoms with Gasteiger partial charge >= 0.3 is 5.97 Å². The van der Waals surface area contributed by atoms with E-state index in [1.165, 1.54) is 6.07 Å². The molecular formula is C14H11ClO4. The number of phenols is 1. The highest BCUT2D eigenvalue weighted by molar-refractivity contribution is 6.43. The van der Waals surface area contributed by atoms with Gasteiger partial charge in [-0.05, 0) is 35.9 Å². The minimum atomic E-state index is -0.986. The zero-order chi connectivity index (χ0) is 14.0. The Hall–Kier alpha value is -2.07. The summed E-state index contributed by atoms with van der Waals surface area (Å²) in [5.74, 6) is -2.11. The largest absolute Gasteiger partial charge is 0.507 e. The number of halogens is 1. The highest BCUT2D eigenvalue weighted by Crippen LogP contribution is 2.29. The third kappa shape index (κ3) is 2.53. The number of hydrogen-bond donors (Lipinski definition) is 1. The summed E-state index contributed by atoms with van der Waals surface area (Å²) in [5, 5.41) is 11.4. The first-order valence-corrected chi connectivity index (χ1v) is 6.05. The lowest BCUT2D eigenvalue weighted by molar-refractivity contribution is -0.137. The Morgan fingerprint density at radius 3 is 2.68 bits per heavy atom. The van der Waals surface area contributed by atoms with Crippen molar-refractivity contribution in [3.8, 4) is 5.75 Å². The molecule has 0 aliphatic carbocycles. The van der Waals surface area contributed by atoms with Crippen LogP contribution in [0.4, 0.5) is 0 Å². The molecular weight excluding hydrogens is 268 g/mol. The minimum absolute atomic E-state index is 0.0624. The lowest BCUT2D eigenvalue weighted by Gasteiger charge is -2.08. The molecule has 1 N–H and O–H groups in total. The van der Waals surface area contributed by atoms with Gasteiger partial charge in [-0.15, -0.1) is 0 Å². The molecule has 0 aliphatic heterocycles. The summed E-state index contributed by atoms with van der Waals surface area (Å²) < 4.78 is 4.66. The first-order chi connectivity index (χ1) is 9.04. The normalized spacial score (nSPS) is 10.4. The molecule has 0 aliphatic rings. The Bertz CT molecular complexity index is 664. The molecule has 0 aromatic heterocycles. The SMILES string of the molecule is CCOC(=O)C(=O)c1c(O)ccc2cc(Cl)ccc12. The number of hydrogen-bond acceptors (Lipinski definition) is 4. The summed E-state index contributed by atoms with van der Waals surface area (Å²) in [5.41, 5.74) is -0.0624. The minimum Gasteiger partial charge on any atom is -0.507 e. The van der Waals surface area contributed by atoms with Gasteiger partial charge < -0.3 is 9.84 Å². The van der Waals surface area contributed by atoms with Gasteiger partial charge in [-0.25, -0.2) is 4.79 Å². The van der Waals surface area contributed by atoms with Crippen molar-refractivity contribution in [3.63, 3.8) is 0 Å². The van der Waals surface area contributed by atoms with Gasteiger partial charge in [-0.1, -0.05) is 23.7 Å². The number of carbonyl (C=O) groups is 2. The van der Waals surface area contributed by atoms with Crippen LogP contribution >= 0.6 is 11.6 Å². The highest BCUT2D eigenvalue weighted by atomic mass is 35.5. The second-order valence-electron chi connectivity index (χ2n) is 3.87. The predicted molar refractivity (Wildman–Crippen MR) is 71.6 cm³/mol. The number of ketones is 1. The summed E-state index contributed by atoms with van der Waals surface area (Å²) in [4.78, 5) is 23.5. The molecule has 0 bridgehead atoms. The number of ether oxygens (including phenoxy) is 1. The van der Waals surface area contributed by atoms with Crippen molar-refractivity contribution in [1.82, 2.24) is 0 Å². The number of carbonyl (C=O) groups excluding carboxylic acids is 2. The number of Topliss-reactive ketones (excluding diaryl/α,β-unsaturated/α-hetero) is 1. The zero-order valence-corrected chi connectivity index (χ0v) is 10.9. The number of phenolic OH excluding ortho intramolecular Hbond substituents is 1. The van der Waals surface area contributed by atoms with Crippen LogP contribution in [0.15, 0.2) is 30.3 Å². The summed E-state index contributed by atoms with van der Waals surface area (Å²) in [6, 6.07) is 7.80. The smallest absolute Gasteiger partial charge is 0.379 e. The van der Waals surface area contributed by atoms with E-state index in [9.17, 15) is 14.7 Å². The van der Waals surface area contributed by atoms with Crippen molar-refractivity contribution in [2.24, 2.45) is 0 Å². The Labute approximate surface area is 114 Å². The van der Waals surface area contributed by atoms with Gasteiger partial charge in [-0.2, -0.15) is 0 Å². The van der Waals surface area contributed by atoms with Gasteiger partial charge in [0.2, 0.25) is 0 Å². The first-order valence-electron chi connectivity index (χ1n) is 5.67. The van der Waals surface area contributed by atoms with Crippen molar-refractivity contribution in [2.45, 2.75) is 6.92 Å². The van der Waals surface area contributed by atoms with Crippen LogP contribution in [0, 0.1) is 0 Å². The second kappa shape index (κ2) is 5.28. The molecule has 2 rings (SSSR count). The monoisotopic (exact) mass is 278 g/mol. The zero-order valence-electron chi connectivity index (χ0n) is 10.1. The van der Waals surface area contributed by atoms with Crippen LogP contribution in [-0.4, -0.2) is 23.5 Å². The van der Waals surface area contributed by atoms with E-state index in [0.717, 1.165) is 0 Å². The van der Waals surface area contributed by atoms with Gasteiger partial charge in [0, 0.05) is 5.02 Å². The first kappa shape index (κ1) is 13.4. The Morgan fingerprint density at radius 1 is 1.26 bits per heavy atom. The third-order valence-electron chi connectivity index (χ3n) is 2.65. The summed E-state index contributed by atoms with van der Waals surface area (Å²) >= 11 is 5.86. The Morgan fingerprint density at radius 2 is 2.00 bits per heavy atom. The van der Waals surface area contributed by atoms with Crippen molar-refractivity contribution in [3.05, 3.63) is 40.9 Å². The summed E-state index contributed by atoms with van der Waals surface area (Å²) in [7, 11) is 0. The standard InChI is InChI=1S/C14H11ClO4/c1-2-19-14(18)13(17)12-10-5-4-9(15)7-8(10)3-6-11(12)16/h3-7,16H,2H2,1H3. The number of benzene rings is 2. The van der Waals surface area contributed by atoms with E-state index in [-0.39, 0.29) is 17.9 Å². The van der Waals surface area contributed by atoms with Crippen molar-refractivity contribution in [1.29, 1.82) is 0 Å². The quantitative estimate of drug-likeness (QED) is 0.533. The fraction of sp³-hybridized carbons (Fsp3) is 0.143. The van der Waals surface area contributed by atoms with E-state index in [4.69, 9.17) is 11.6 Å². The molecule has 0 fully saturated rings. The van der Waals surface area contributed by atoms with E-state index < -0.39 is 11.8 Å². The highest BCUT2D eigenvalue weighted by Gasteiger charge is 2.23. The molecule has 5 heteroatoms. The molecule has 0 saturated heterocycles. The number of rotatable bonds is 3. The predicted octanol–water partition coefficient (Wildman–Crippen LogP) is 2.94. The lowest BCUT2D eigenvalue weighted by Crippen LogP contribution is -2.18. The molecule has 0 unspecified atom stereocenters. The maximum absolute atomic E-state index is 12.0. The molecule has 0 radical (unpaired) electrons. The maximum atomic E-state index is 12.0. The van der Waals surface area contributed by atoms with E-state index in [1.807, 2.05) is 0 Å². The molecule has 2 aromatic carbocycles. The molecule has 0 spiro atoms. The molecule has 0 heterocycles. The van der Waals surface area contributed by atoms with E-state index in [2.05, 4.69) is 4.74 Å². The molecule has 2 aromatic rings. The molecule has 98 valence electrons. The fourth-order valence-electron chi connectivity index (χ4n) is 1.83. The van der Waals surface area contributed by atoms with Crippen LogP contribution in [0.5, 0.6) is 5.75 Å². The molecule has 19 heavy (non-hydrogen) atoms. The van der Waals surface area contributed by atoms with E-state index >= 15 is 0 Å². The van der Waals surface area contributed by atoms with Crippen LogP contribution in [-0.2, 0) is 9.53 Å². The molecule has 0 atom stereocenters. The van der Waals surface area contributed by atoms with Crippen molar-refractivity contribution < 1.29 is 19.4 Å². The lowest BCUT2D eigenvalue weighted by atomic mass is 10.0. The van der Waals surface area contributed by atoms with Gasteiger partial charge in [0.05, 0.1) is 12.2 Å². The van der Waals surface area contributed by atoms with Gasteiger partial charge in [0.1, 0.15) is 5.75 Å². The number of fused-ring (bicyclic) bond motifs is 1. The topological polar surface area (TPSA) is 63.6 Å². The maximum Gasteiger partial charge on any atom is 0.379 e. The average Bonchev–Trinajstić information content (AvgIpc) is 2.38. The van der Waals surface area contributed by atoms with Crippen LogP contribution in [0.1, 0.15) is 17.3 Å². The van der Waals surface area contributed by atoms with Crippen molar-refractivity contribution >= 4 is 34.1 Å². The summed E-state index contributed by atoms with van der Waals surface area (Å²) in [6.45, 7) is 1.70. The van der Waals surface area contributed by atoms with Gasteiger partial charge in [0.15, 0.2) is 0 Å². The van der Waals surface area contributed by atoms with Crippen LogP contribution in [0.25, 0.3) is 10.8 Å². The van der Waals surface area contributed by atoms with Gasteiger partial charge in [0.25, 0.3) is 5.78 Å². The average molecular weight is 279 g/mol. The second-order valence-corrected chi connectivity index (χ2v) is 4.31. The van der Waals surface area contributed by atoms with Crippen LogP contribution in [0.2, 0.25) is 5.02 Å². The Kier molecular flexibility index (Phi) is 3.71. The van der Waals surface area contributed by atoms with Gasteiger partial charge in [-0.3, -0.25) is 4.79 Å². The number of esters is 1. The molecule has 0 saturated carbocycles.